The molecule has 1 aromatic carbocycles. The van der Waals surface area contributed by atoms with Crippen molar-refractivity contribution in [3.8, 4) is 0 Å². The van der Waals surface area contributed by atoms with Gasteiger partial charge in [0.1, 0.15) is 0 Å². The van der Waals surface area contributed by atoms with Crippen LogP contribution in [-0.4, -0.2) is 19.0 Å². The lowest BCUT2D eigenvalue weighted by atomic mass is 9.81. The number of hydrogen-bond donors (Lipinski definition) is 0. The van der Waals surface area contributed by atoms with E-state index in [2.05, 4.69) is 57.1 Å². The first-order chi connectivity index (χ1) is 8.69. The van der Waals surface area contributed by atoms with Gasteiger partial charge < -0.3 is 4.90 Å². The number of allylic oxidation sites excluding steroid dienone is 2. The molecule has 1 aromatic rings. The van der Waals surface area contributed by atoms with Crippen molar-refractivity contribution >= 4 is 18.0 Å². The third kappa shape index (κ3) is 3.21. The molecular formula is C17H26ClN. The van der Waals surface area contributed by atoms with E-state index in [1.54, 1.807) is 11.1 Å². The second kappa shape index (κ2) is 7.12. The summed E-state index contributed by atoms with van der Waals surface area (Å²) in [4.78, 5) is 2.38. The van der Waals surface area contributed by atoms with E-state index >= 15 is 0 Å². The summed E-state index contributed by atoms with van der Waals surface area (Å²) in [6.45, 7) is 4.41. The standard InChI is InChI=1S/C17H25N.ClH/c1-5-13(6-2)15-11-7-9-14-10-8-12-16(17(14)15)18(3)4;/h5,7,9,11,16H,6,8,10,12H2,1-4H3;1H. The molecule has 0 N–H and O–H groups in total. The van der Waals surface area contributed by atoms with Crippen molar-refractivity contribution in [3.63, 3.8) is 0 Å². The van der Waals surface area contributed by atoms with E-state index in [9.17, 15) is 0 Å². The summed E-state index contributed by atoms with van der Waals surface area (Å²) in [5.74, 6) is 0. The van der Waals surface area contributed by atoms with Gasteiger partial charge in [-0.05, 0) is 69.0 Å². The van der Waals surface area contributed by atoms with Crippen molar-refractivity contribution in [2.75, 3.05) is 14.1 Å². The molecule has 2 rings (SSSR count). The summed E-state index contributed by atoms with van der Waals surface area (Å²) in [6.07, 6.45) is 7.24. The molecule has 0 amide bonds. The van der Waals surface area contributed by atoms with Gasteiger partial charge in [-0.15, -0.1) is 12.4 Å². The fourth-order valence-electron chi connectivity index (χ4n) is 3.20. The van der Waals surface area contributed by atoms with E-state index in [1.165, 1.54) is 30.4 Å². The Kier molecular flexibility index (Phi) is 6.09. The normalized spacial score (nSPS) is 19.0. The van der Waals surface area contributed by atoms with Gasteiger partial charge >= 0.3 is 0 Å². The van der Waals surface area contributed by atoms with Crippen molar-refractivity contribution in [1.29, 1.82) is 0 Å². The summed E-state index contributed by atoms with van der Waals surface area (Å²) in [5.41, 5.74) is 6.12. The molecule has 0 saturated heterocycles. The molecule has 19 heavy (non-hydrogen) atoms. The molecule has 1 aliphatic rings. The Hall–Kier alpha value is -0.790. The average molecular weight is 280 g/mol. The van der Waals surface area contributed by atoms with Crippen LogP contribution in [0.1, 0.15) is 55.8 Å². The highest BCUT2D eigenvalue weighted by molar-refractivity contribution is 5.85. The zero-order valence-corrected chi connectivity index (χ0v) is 13.4. The molecule has 1 aliphatic carbocycles. The molecule has 1 atom stereocenters. The molecule has 0 spiro atoms. The Morgan fingerprint density at radius 3 is 2.68 bits per heavy atom. The van der Waals surface area contributed by atoms with Gasteiger partial charge in [0.25, 0.3) is 0 Å². The lowest BCUT2D eigenvalue weighted by molar-refractivity contribution is 0.268. The minimum atomic E-state index is 0. The third-order valence-corrected chi connectivity index (χ3v) is 4.15. The second-order valence-electron chi connectivity index (χ2n) is 5.42. The maximum atomic E-state index is 2.38. The lowest BCUT2D eigenvalue weighted by Crippen LogP contribution is -2.25. The Labute approximate surface area is 124 Å². The molecule has 0 saturated carbocycles. The first-order valence-corrected chi connectivity index (χ1v) is 7.12. The summed E-state index contributed by atoms with van der Waals surface area (Å²) in [5, 5.41) is 0. The maximum Gasteiger partial charge on any atom is 0.0350 e. The number of rotatable bonds is 3. The van der Waals surface area contributed by atoms with E-state index in [0.717, 1.165) is 6.42 Å². The molecule has 0 bridgehead atoms. The number of nitrogens with zero attached hydrogens (tertiary/aromatic N) is 1. The highest BCUT2D eigenvalue weighted by Gasteiger charge is 2.25. The highest BCUT2D eigenvalue weighted by Crippen LogP contribution is 2.38. The van der Waals surface area contributed by atoms with Crippen molar-refractivity contribution in [3.05, 3.63) is 41.0 Å². The first kappa shape index (κ1) is 16.3. The number of fused-ring (bicyclic) bond motifs is 1. The SMILES string of the molecule is CC=C(CC)c1cccc2c1C(N(C)C)CCC2.Cl. The van der Waals surface area contributed by atoms with Crippen LogP contribution < -0.4 is 0 Å². The van der Waals surface area contributed by atoms with Gasteiger partial charge in [-0.1, -0.05) is 31.2 Å². The van der Waals surface area contributed by atoms with Crippen LogP contribution in [0.5, 0.6) is 0 Å². The van der Waals surface area contributed by atoms with Crippen LogP contribution in [0.4, 0.5) is 0 Å². The zero-order chi connectivity index (χ0) is 13.1. The highest BCUT2D eigenvalue weighted by atomic mass is 35.5. The van der Waals surface area contributed by atoms with Crippen molar-refractivity contribution < 1.29 is 0 Å². The lowest BCUT2D eigenvalue weighted by Gasteiger charge is -2.33. The van der Waals surface area contributed by atoms with Crippen LogP contribution in [0.15, 0.2) is 24.3 Å². The Morgan fingerprint density at radius 1 is 1.37 bits per heavy atom. The monoisotopic (exact) mass is 279 g/mol. The van der Waals surface area contributed by atoms with E-state index < -0.39 is 0 Å². The van der Waals surface area contributed by atoms with E-state index in [0.29, 0.717) is 6.04 Å². The first-order valence-electron chi connectivity index (χ1n) is 7.12. The van der Waals surface area contributed by atoms with Gasteiger partial charge in [0, 0.05) is 6.04 Å². The molecule has 0 heterocycles. The summed E-state index contributed by atoms with van der Waals surface area (Å²) >= 11 is 0. The molecule has 2 heteroatoms. The van der Waals surface area contributed by atoms with Gasteiger partial charge in [0.05, 0.1) is 0 Å². The van der Waals surface area contributed by atoms with Gasteiger partial charge in [0.15, 0.2) is 0 Å². The van der Waals surface area contributed by atoms with E-state index in [-0.39, 0.29) is 12.4 Å². The average Bonchev–Trinajstić information content (AvgIpc) is 2.39. The van der Waals surface area contributed by atoms with Gasteiger partial charge in [-0.3, -0.25) is 0 Å². The smallest absolute Gasteiger partial charge is 0.0350 e. The Morgan fingerprint density at radius 2 is 2.11 bits per heavy atom. The van der Waals surface area contributed by atoms with Crippen LogP contribution in [0, 0.1) is 0 Å². The number of halogens is 1. The molecule has 0 aliphatic heterocycles. The molecule has 0 radical (unpaired) electrons. The van der Waals surface area contributed by atoms with Gasteiger partial charge in [-0.2, -0.15) is 0 Å². The Balaban J connectivity index is 0.00000180. The molecule has 0 aromatic heterocycles. The fraction of sp³-hybridized carbons (Fsp3) is 0.529. The second-order valence-corrected chi connectivity index (χ2v) is 5.42. The largest absolute Gasteiger partial charge is 0.302 e. The summed E-state index contributed by atoms with van der Waals surface area (Å²) in [6, 6.07) is 7.44. The summed E-state index contributed by atoms with van der Waals surface area (Å²) in [7, 11) is 4.41. The quantitative estimate of drug-likeness (QED) is 0.764. The van der Waals surface area contributed by atoms with Crippen LogP contribution in [0.25, 0.3) is 5.57 Å². The molecular weight excluding hydrogens is 254 g/mol. The van der Waals surface area contributed by atoms with Crippen molar-refractivity contribution in [2.45, 2.75) is 45.6 Å². The molecule has 1 unspecified atom stereocenters. The molecule has 1 nitrogen and oxygen atoms in total. The molecule has 106 valence electrons. The fourth-order valence-corrected chi connectivity index (χ4v) is 3.20. The predicted molar refractivity (Wildman–Crippen MR) is 87.0 cm³/mol. The van der Waals surface area contributed by atoms with Crippen molar-refractivity contribution in [1.82, 2.24) is 4.90 Å². The van der Waals surface area contributed by atoms with Crippen LogP contribution in [-0.2, 0) is 6.42 Å². The van der Waals surface area contributed by atoms with Crippen LogP contribution in [0.2, 0.25) is 0 Å². The minimum Gasteiger partial charge on any atom is -0.302 e. The van der Waals surface area contributed by atoms with Crippen LogP contribution >= 0.6 is 12.4 Å². The topological polar surface area (TPSA) is 3.24 Å². The van der Waals surface area contributed by atoms with Crippen LogP contribution in [0.3, 0.4) is 0 Å². The number of aryl methyl sites for hydroxylation is 1. The number of hydrogen-bond acceptors (Lipinski definition) is 1. The predicted octanol–water partition coefficient (Wildman–Crippen LogP) is 4.86. The van der Waals surface area contributed by atoms with E-state index in [1.807, 2.05) is 0 Å². The minimum absolute atomic E-state index is 0. The number of benzene rings is 1. The zero-order valence-electron chi connectivity index (χ0n) is 12.6. The van der Waals surface area contributed by atoms with E-state index in [4.69, 9.17) is 0 Å². The molecule has 0 fully saturated rings. The van der Waals surface area contributed by atoms with Gasteiger partial charge in [0.2, 0.25) is 0 Å². The Bertz CT molecular complexity index is 449. The van der Waals surface area contributed by atoms with Crippen molar-refractivity contribution in [2.24, 2.45) is 0 Å². The third-order valence-electron chi connectivity index (χ3n) is 4.15. The summed E-state index contributed by atoms with van der Waals surface area (Å²) < 4.78 is 0. The maximum absolute atomic E-state index is 2.38. The van der Waals surface area contributed by atoms with Gasteiger partial charge in [-0.25, -0.2) is 0 Å².